The van der Waals surface area contributed by atoms with Crippen LogP contribution in [0.3, 0.4) is 0 Å². The third-order valence-corrected chi connectivity index (χ3v) is 2.53. The first-order valence-corrected chi connectivity index (χ1v) is 4.93. The summed E-state index contributed by atoms with van der Waals surface area (Å²) in [6, 6.07) is 0. The van der Waals surface area contributed by atoms with Crippen molar-refractivity contribution in [3.63, 3.8) is 0 Å². The molecule has 14 heavy (non-hydrogen) atoms. The van der Waals surface area contributed by atoms with Crippen molar-refractivity contribution < 1.29 is 4.42 Å². The predicted octanol–water partition coefficient (Wildman–Crippen LogP) is 1.69. The van der Waals surface area contributed by atoms with E-state index in [-0.39, 0.29) is 0 Å². The molecule has 0 atom stereocenters. The van der Waals surface area contributed by atoms with E-state index in [1.807, 2.05) is 13.1 Å². The Morgan fingerprint density at radius 3 is 2.71 bits per heavy atom. The SMILES string of the molecule is Cc1nnc(Cn2cc(Br)c(C)n2)o1. The first-order valence-electron chi connectivity index (χ1n) is 4.13. The predicted molar refractivity (Wildman–Crippen MR) is 52.8 cm³/mol. The van der Waals surface area contributed by atoms with Gasteiger partial charge in [-0.1, -0.05) is 0 Å². The van der Waals surface area contributed by atoms with Crippen LogP contribution < -0.4 is 0 Å². The van der Waals surface area contributed by atoms with Gasteiger partial charge in [-0.2, -0.15) is 5.10 Å². The van der Waals surface area contributed by atoms with Crippen LogP contribution in [0, 0.1) is 13.8 Å². The zero-order valence-corrected chi connectivity index (χ0v) is 9.45. The van der Waals surface area contributed by atoms with Crippen molar-refractivity contribution in [2.75, 3.05) is 0 Å². The minimum atomic E-state index is 0.507. The Morgan fingerprint density at radius 2 is 2.21 bits per heavy atom. The van der Waals surface area contributed by atoms with Gasteiger partial charge in [0, 0.05) is 13.1 Å². The summed E-state index contributed by atoms with van der Waals surface area (Å²) in [6.45, 7) is 4.20. The van der Waals surface area contributed by atoms with Gasteiger partial charge in [0.1, 0.15) is 6.54 Å². The summed E-state index contributed by atoms with van der Waals surface area (Å²) in [4.78, 5) is 0. The molecule has 74 valence electrons. The Bertz CT molecular complexity index is 428. The highest BCUT2D eigenvalue weighted by molar-refractivity contribution is 9.10. The summed E-state index contributed by atoms with van der Waals surface area (Å²) >= 11 is 3.38. The molecule has 0 radical (unpaired) electrons. The standard InChI is InChI=1S/C8H9BrN4O/c1-5-7(9)3-13(12-5)4-8-11-10-6(2)14-8/h3H,4H2,1-2H3. The van der Waals surface area contributed by atoms with E-state index in [0.29, 0.717) is 18.3 Å². The number of hydrogen-bond acceptors (Lipinski definition) is 4. The fourth-order valence-corrected chi connectivity index (χ4v) is 1.43. The maximum Gasteiger partial charge on any atom is 0.237 e. The van der Waals surface area contributed by atoms with Crippen LogP contribution in [0.5, 0.6) is 0 Å². The zero-order valence-electron chi connectivity index (χ0n) is 7.86. The van der Waals surface area contributed by atoms with Crippen LogP contribution in [0.2, 0.25) is 0 Å². The molecular weight excluding hydrogens is 248 g/mol. The maximum atomic E-state index is 5.24. The van der Waals surface area contributed by atoms with Crippen molar-refractivity contribution in [2.24, 2.45) is 0 Å². The fraction of sp³-hybridized carbons (Fsp3) is 0.375. The van der Waals surface area contributed by atoms with Crippen LogP contribution in [-0.2, 0) is 6.54 Å². The molecule has 0 amide bonds. The number of nitrogens with zero attached hydrogens (tertiary/aromatic N) is 4. The molecule has 0 aromatic carbocycles. The van der Waals surface area contributed by atoms with Gasteiger partial charge in [-0.05, 0) is 22.9 Å². The van der Waals surface area contributed by atoms with Crippen molar-refractivity contribution in [3.05, 3.63) is 28.1 Å². The van der Waals surface area contributed by atoms with Gasteiger partial charge < -0.3 is 4.42 Å². The summed E-state index contributed by atoms with van der Waals surface area (Å²) in [7, 11) is 0. The lowest BCUT2D eigenvalue weighted by Crippen LogP contribution is -2.00. The molecule has 2 rings (SSSR count). The number of halogens is 1. The lowest BCUT2D eigenvalue weighted by Gasteiger charge is -1.93. The van der Waals surface area contributed by atoms with Crippen LogP contribution in [-0.4, -0.2) is 20.0 Å². The molecule has 5 nitrogen and oxygen atoms in total. The Kier molecular flexibility index (Phi) is 2.37. The Balaban J connectivity index is 2.18. The van der Waals surface area contributed by atoms with Crippen molar-refractivity contribution in [1.82, 2.24) is 20.0 Å². The number of hydrogen-bond donors (Lipinski definition) is 0. The highest BCUT2D eigenvalue weighted by atomic mass is 79.9. The largest absolute Gasteiger partial charge is 0.424 e. The molecule has 6 heteroatoms. The van der Waals surface area contributed by atoms with Gasteiger partial charge in [0.15, 0.2) is 0 Å². The molecule has 2 aromatic rings. The quantitative estimate of drug-likeness (QED) is 0.821. The van der Waals surface area contributed by atoms with E-state index in [0.717, 1.165) is 10.2 Å². The Morgan fingerprint density at radius 1 is 1.43 bits per heavy atom. The molecular formula is C8H9BrN4O. The average molecular weight is 257 g/mol. The third kappa shape index (κ3) is 1.84. The molecule has 0 unspecified atom stereocenters. The van der Waals surface area contributed by atoms with E-state index in [2.05, 4.69) is 31.2 Å². The smallest absolute Gasteiger partial charge is 0.237 e. The Hall–Kier alpha value is -1.17. The summed E-state index contributed by atoms with van der Waals surface area (Å²) in [5.74, 6) is 1.14. The van der Waals surface area contributed by atoms with Gasteiger partial charge in [-0.3, -0.25) is 4.68 Å². The Labute approximate surface area is 89.3 Å². The summed E-state index contributed by atoms with van der Waals surface area (Å²) in [5.41, 5.74) is 0.946. The third-order valence-electron chi connectivity index (χ3n) is 1.75. The fourth-order valence-electron chi connectivity index (χ4n) is 1.11. The van der Waals surface area contributed by atoms with E-state index < -0.39 is 0 Å². The van der Waals surface area contributed by atoms with Crippen LogP contribution in [0.4, 0.5) is 0 Å². The minimum Gasteiger partial charge on any atom is -0.424 e. The second-order valence-electron chi connectivity index (χ2n) is 2.97. The van der Waals surface area contributed by atoms with Crippen LogP contribution >= 0.6 is 15.9 Å². The second kappa shape index (κ2) is 3.53. The van der Waals surface area contributed by atoms with Crippen LogP contribution in [0.25, 0.3) is 0 Å². The molecule has 0 aliphatic carbocycles. The van der Waals surface area contributed by atoms with E-state index >= 15 is 0 Å². The van der Waals surface area contributed by atoms with E-state index in [1.165, 1.54) is 0 Å². The second-order valence-corrected chi connectivity index (χ2v) is 3.83. The molecule has 2 heterocycles. The van der Waals surface area contributed by atoms with Gasteiger partial charge in [0.25, 0.3) is 0 Å². The van der Waals surface area contributed by atoms with E-state index in [9.17, 15) is 0 Å². The lowest BCUT2D eigenvalue weighted by molar-refractivity contribution is 0.443. The lowest BCUT2D eigenvalue weighted by atomic mass is 10.5. The zero-order chi connectivity index (χ0) is 10.1. The molecule has 0 aliphatic rings. The molecule has 2 aromatic heterocycles. The number of aromatic nitrogens is 4. The van der Waals surface area contributed by atoms with Crippen LogP contribution in [0.15, 0.2) is 15.1 Å². The van der Waals surface area contributed by atoms with E-state index in [4.69, 9.17) is 4.42 Å². The average Bonchev–Trinajstić information content (AvgIpc) is 2.62. The maximum absolute atomic E-state index is 5.24. The molecule has 0 saturated heterocycles. The van der Waals surface area contributed by atoms with Crippen molar-refractivity contribution >= 4 is 15.9 Å². The first-order chi connectivity index (χ1) is 6.65. The topological polar surface area (TPSA) is 56.7 Å². The minimum absolute atomic E-state index is 0.507. The van der Waals surface area contributed by atoms with Gasteiger partial charge in [-0.25, -0.2) is 0 Å². The van der Waals surface area contributed by atoms with Gasteiger partial charge in [0.05, 0.1) is 10.2 Å². The normalized spacial score (nSPS) is 10.8. The monoisotopic (exact) mass is 256 g/mol. The highest BCUT2D eigenvalue weighted by Crippen LogP contribution is 2.13. The summed E-state index contributed by atoms with van der Waals surface area (Å²) in [5, 5.41) is 11.9. The van der Waals surface area contributed by atoms with Crippen molar-refractivity contribution in [1.29, 1.82) is 0 Å². The molecule has 0 aliphatic heterocycles. The van der Waals surface area contributed by atoms with Crippen LogP contribution in [0.1, 0.15) is 17.5 Å². The number of aryl methyl sites for hydroxylation is 2. The molecule has 0 saturated carbocycles. The molecule has 0 spiro atoms. The molecule has 0 N–H and O–H groups in total. The van der Waals surface area contributed by atoms with Gasteiger partial charge in [0.2, 0.25) is 11.8 Å². The number of rotatable bonds is 2. The molecule has 0 bridgehead atoms. The van der Waals surface area contributed by atoms with Gasteiger partial charge in [-0.15, -0.1) is 10.2 Å². The molecule has 0 fully saturated rings. The van der Waals surface area contributed by atoms with Gasteiger partial charge >= 0.3 is 0 Å². The summed E-state index contributed by atoms with van der Waals surface area (Å²) < 4.78 is 7.97. The summed E-state index contributed by atoms with van der Waals surface area (Å²) in [6.07, 6.45) is 1.88. The van der Waals surface area contributed by atoms with E-state index in [1.54, 1.807) is 11.6 Å². The highest BCUT2D eigenvalue weighted by Gasteiger charge is 2.06. The first kappa shape index (κ1) is 9.39. The van der Waals surface area contributed by atoms with Crippen molar-refractivity contribution in [2.45, 2.75) is 20.4 Å². The van der Waals surface area contributed by atoms with Crippen molar-refractivity contribution in [3.8, 4) is 0 Å².